The molecule has 2 heterocycles. The van der Waals surface area contributed by atoms with Crippen LogP contribution in [0.1, 0.15) is 25.5 Å². The number of benzene rings is 1. The molecule has 2 N–H and O–H groups in total. The number of rotatable bonds is 7. The molecule has 1 aromatic carbocycles. The van der Waals surface area contributed by atoms with E-state index in [1.807, 2.05) is 19.1 Å². The smallest absolute Gasteiger partial charge is 0.409 e. The number of ether oxygens (including phenoxy) is 3. The Morgan fingerprint density at radius 1 is 1.06 bits per heavy atom. The summed E-state index contributed by atoms with van der Waals surface area (Å²) >= 11 is 0. The molecule has 32 heavy (non-hydrogen) atoms. The summed E-state index contributed by atoms with van der Waals surface area (Å²) in [5, 5.41) is 5.59. The van der Waals surface area contributed by atoms with Crippen molar-refractivity contribution in [3.05, 3.63) is 41.1 Å². The quantitative estimate of drug-likeness (QED) is 0.613. The molecule has 174 valence electrons. The van der Waals surface area contributed by atoms with Crippen LogP contribution in [0.2, 0.25) is 0 Å². The van der Waals surface area contributed by atoms with Crippen LogP contribution < -0.4 is 15.4 Å². The lowest BCUT2D eigenvalue weighted by atomic mass is 9.95. The highest BCUT2D eigenvalue weighted by Crippen LogP contribution is 2.29. The minimum absolute atomic E-state index is 0.327. The van der Waals surface area contributed by atoms with Crippen molar-refractivity contribution in [2.24, 2.45) is 0 Å². The van der Waals surface area contributed by atoms with Crippen molar-refractivity contribution in [2.75, 3.05) is 53.0 Å². The van der Waals surface area contributed by atoms with Gasteiger partial charge < -0.3 is 29.7 Å². The number of nitrogens with zero attached hydrogens (tertiary/aromatic N) is 2. The molecule has 3 rings (SSSR count). The maximum atomic E-state index is 12.7. The molecule has 0 aliphatic carbocycles. The van der Waals surface area contributed by atoms with Crippen molar-refractivity contribution in [3.8, 4) is 5.75 Å². The first-order chi connectivity index (χ1) is 15.5. The number of hydrogen-bond donors (Lipinski definition) is 2. The van der Waals surface area contributed by atoms with E-state index in [9.17, 15) is 14.4 Å². The van der Waals surface area contributed by atoms with E-state index in [1.54, 1.807) is 24.0 Å². The zero-order chi connectivity index (χ0) is 23.1. The lowest BCUT2D eigenvalue weighted by Crippen LogP contribution is -2.52. The fraction of sp³-hybridized carbons (Fsp3) is 0.500. The first-order valence-electron chi connectivity index (χ1n) is 10.7. The number of methoxy groups -OCH3 is 1. The highest BCUT2D eigenvalue weighted by molar-refractivity contribution is 5.95. The van der Waals surface area contributed by atoms with Crippen molar-refractivity contribution >= 4 is 18.1 Å². The molecular formula is C22H30N4O6. The molecule has 0 saturated carbocycles. The van der Waals surface area contributed by atoms with Gasteiger partial charge in [-0.15, -0.1) is 0 Å². The molecule has 3 amide bonds. The number of hydrogen-bond acceptors (Lipinski definition) is 7. The molecule has 0 aromatic heterocycles. The van der Waals surface area contributed by atoms with Gasteiger partial charge >= 0.3 is 18.1 Å². The van der Waals surface area contributed by atoms with Gasteiger partial charge in [-0.2, -0.15) is 0 Å². The van der Waals surface area contributed by atoms with Gasteiger partial charge in [0, 0.05) is 38.4 Å². The second-order valence-corrected chi connectivity index (χ2v) is 7.38. The van der Waals surface area contributed by atoms with Gasteiger partial charge in [-0.25, -0.2) is 14.4 Å². The van der Waals surface area contributed by atoms with Gasteiger partial charge in [-0.05, 0) is 31.5 Å². The van der Waals surface area contributed by atoms with E-state index in [0.717, 1.165) is 5.56 Å². The lowest BCUT2D eigenvalue weighted by molar-refractivity contribution is -0.136. The molecule has 2 aliphatic heterocycles. The second-order valence-electron chi connectivity index (χ2n) is 7.38. The molecule has 2 aliphatic rings. The normalized spacial score (nSPS) is 19.2. The van der Waals surface area contributed by atoms with Crippen LogP contribution in [-0.2, 0) is 14.3 Å². The maximum Gasteiger partial charge on any atom is 0.409 e. The van der Waals surface area contributed by atoms with Crippen LogP contribution in [0.25, 0.3) is 0 Å². The molecule has 10 nitrogen and oxygen atoms in total. The SMILES string of the molecule is CCOC(=O)N1CCN(CC2=C(C(=O)OC)[C@H](c3ccc(OCC)cc3)NC(=O)N2)CC1. The summed E-state index contributed by atoms with van der Waals surface area (Å²) in [6, 6.07) is 6.20. The Labute approximate surface area is 187 Å². The van der Waals surface area contributed by atoms with E-state index < -0.39 is 18.0 Å². The Morgan fingerprint density at radius 3 is 2.34 bits per heavy atom. The third-order valence-corrected chi connectivity index (χ3v) is 5.36. The summed E-state index contributed by atoms with van der Waals surface area (Å²) in [5.41, 5.74) is 1.58. The lowest BCUT2D eigenvalue weighted by Gasteiger charge is -2.36. The highest BCUT2D eigenvalue weighted by Gasteiger charge is 2.34. The van der Waals surface area contributed by atoms with E-state index in [0.29, 0.717) is 63.0 Å². The Bertz CT molecular complexity index is 862. The standard InChI is InChI=1S/C22H30N4O6/c1-4-31-16-8-6-15(7-9-16)19-18(20(27)30-3)17(23-21(28)24-19)14-25-10-12-26(13-11-25)22(29)32-5-2/h6-9,19H,4-5,10-14H2,1-3H3,(H2,23,24,28)/t19-/m0/s1. The topological polar surface area (TPSA) is 109 Å². The first-order valence-corrected chi connectivity index (χ1v) is 10.7. The zero-order valence-electron chi connectivity index (χ0n) is 18.7. The molecule has 1 fully saturated rings. The van der Waals surface area contributed by atoms with Crippen LogP contribution in [0.4, 0.5) is 9.59 Å². The van der Waals surface area contributed by atoms with Crippen LogP contribution in [0.5, 0.6) is 5.75 Å². The number of esters is 1. The molecule has 0 radical (unpaired) electrons. The van der Waals surface area contributed by atoms with E-state index in [-0.39, 0.29) is 6.09 Å². The van der Waals surface area contributed by atoms with Crippen LogP contribution >= 0.6 is 0 Å². The molecule has 0 unspecified atom stereocenters. The van der Waals surface area contributed by atoms with E-state index in [1.165, 1.54) is 7.11 Å². The van der Waals surface area contributed by atoms with Gasteiger partial charge in [0.2, 0.25) is 0 Å². The van der Waals surface area contributed by atoms with E-state index in [4.69, 9.17) is 14.2 Å². The molecule has 1 aromatic rings. The minimum Gasteiger partial charge on any atom is -0.494 e. The summed E-state index contributed by atoms with van der Waals surface area (Å²) in [5.74, 6) is 0.191. The maximum absolute atomic E-state index is 12.7. The summed E-state index contributed by atoms with van der Waals surface area (Å²) < 4.78 is 15.6. The Morgan fingerprint density at radius 2 is 1.75 bits per heavy atom. The average Bonchev–Trinajstić information content (AvgIpc) is 2.79. The summed E-state index contributed by atoms with van der Waals surface area (Å²) in [6.45, 7) is 7.10. The van der Waals surface area contributed by atoms with Crippen molar-refractivity contribution in [2.45, 2.75) is 19.9 Å². The first kappa shape index (κ1) is 23.4. The van der Waals surface area contributed by atoms with E-state index >= 15 is 0 Å². The van der Waals surface area contributed by atoms with Crippen LogP contribution in [0, 0.1) is 0 Å². The van der Waals surface area contributed by atoms with Crippen LogP contribution in [-0.4, -0.2) is 80.9 Å². The molecule has 1 saturated heterocycles. The van der Waals surface area contributed by atoms with Crippen LogP contribution in [0.3, 0.4) is 0 Å². The number of carbonyl (C=O) groups is 3. The third kappa shape index (κ3) is 5.50. The van der Waals surface area contributed by atoms with Crippen LogP contribution in [0.15, 0.2) is 35.5 Å². The van der Waals surface area contributed by atoms with Crippen molar-refractivity contribution in [3.63, 3.8) is 0 Å². The fourth-order valence-corrected chi connectivity index (χ4v) is 3.79. The summed E-state index contributed by atoms with van der Waals surface area (Å²) in [4.78, 5) is 40.8. The van der Waals surface area contributed by atoms with Gasteiger partial charge in [0.05, 0.1) is 31.9 Å². The van der Waals surface area contributed by atoms with Gasteiger partial charge in [-0.3, -0.25) is 4.90 Å². The average molecular weight is 447 g/mol. The predicted octanol–water partition coefficient (Wildman–Crippen LogP) is 1.64. The Balaban J connectivity index is 1.80. The zero-order valence-corrected chi connectivity index (χ0v) is 18.7. The fourth-order valence-electron chi connectivity index (χ4n) is 3.79. The molecule has 0 bridgehead atoms. The van der Waals surface area contributed by atoms with Gasteiger partial charge in [0.1, 0.15) is 5.75 Å². The monoisotopic (exact) mass is 446 g/mol. The number of piperazine rings is 1. The number of nitrogens with one attached hydrogen (secondary N) is 2. The number of amides is 3. The summed E-state index contributed by atoms with van der Waals surface area (Å²) in [7, 11) is 1.32. The number of urea groups is 1. The van der Waals surface area contributed by atoms with Crippen molar-refractivity contribution < 1.29 is 28.6 Å². The molecule has 10 heteroatoms. The number of carbonyl (C=O) groups excluding carboxylic acids is 3. The molecule has 0 spiro atoms. The third-order valence-electron chi connectivity index (χ3n) is 5.36. The summed E-state index contributed by atoms with van der Waals surface area (Å²) in [6.07, 6.45) is -0.327. The molecular weight excluding hydrogens is 416 g/mol. The molecule has 1 atom stereocenters. The van der Waals surface area contributed by atoms with Crippen molar-refractivity contribution in [1.29, 1.82) is 0 Å². The van der Waals surface area contributed by atoms with Gasteiger partial charge in [0.25, 0.3) is 0 Å². The largest absolute Gasteiger partial charge is 0.494 e. The van der Waals surface area contributed by atoms with Gasteiger partial charge in [0.15, 0.2) is 0 Å². The van der Waals surface area contributed by atoms with E-state index in [2.05, 4.69) is 15.5 Å². The second kappa shape index (κ2) is 10.9. The van der Waals surface area contributed by atoms with Gasteiger partial charge in [-0.1, -0.05) is 12.1 Å². The highest BCUT2D eigenvalue weighted by atomic mass is 16.6. The Hall–Kier alpha value is -3.27. The minimum atomic E-state index is -0.650. The van der Waals surface area contributed by atoms with Crippen molar-refractivity contribution in [1.82, 2.24) is 20.4 Å². The predicted molar refractivity (Wildman–Crippen MR) is 116 cm³/mol. The Kier molecular flexibility index (Phi) is 7.93.